The predicted molar refractivity (Wildman–Crippen MR) is 94.6 cm³/mol. The van der Waals surface area contributed by atoms with E-state index in [2.05, 4.69) is 64.8 Å². The highest BCUT2D eigenvalue weighted by molar-refractivity contribution is 5.58. The molecule has 0 spiro atoms. The van der Waals surface area contributed by atoms with Gasteiger partial charge in [0.25, 0.3) is 0 Å². The highest BCUT2D eigenvalue weighted by Crippen LogP contribution is 2.31. The minimum Gasteiger partial charge on any atom is -0.384 e. The Kier molecular flexibility index (Phi) is 4.96. The summed E-state index contributed by atoms with van der Waals surface area (Å²) >= 11 is 0. The van der Waals surface area contributed by atoms with Crippen molar-refractivity contribution >= 4 is 11.4 Å². The number of hydrogen-bond acceptors (Lipinski definition) is 3. The Balaban J connectivity index is 1.61. The zero-order chi connectivity index (χ0) is 15.2. The highest BCUT2D eigenvalue weighted by atomic mass is 15.1. The second-order valence-electron chi connectivity index (χ2n) is 5.94. The molecule has 1 heterocycles. The van der Waals surface area contributed by atoms with E-state index in [1.807, 2.05) is 0 Å². The Morgan fingerprint density at radius 2 is 1.77 bits per heavy atom. The molecule has 0 saturated carbocycles. The van der Waals surface area contributed by atoms with E-state index in [1.54, 1.807) is 0 Å². The molecule has 2 aromatic rings. The van der Waals surface area contributed by atoms with Gasteiger partial charge in [-0.25, -0.2) is 0 Å². The van der Waals surface area contributed by atoms with Crippen molar-refractivity contribution in [2.45, 2.75) is 18.8 Å². The minimum absolute atomic E-state index is 0.659. The molecule has 22 heavy (non-hydrogen) atoms. The number of rotatable bonds is 5. The van der Waals surface area contributed by atoms with Crippen LogP contribution in [0.2, 0.25) is 0 Å². The van der Waals surface area contributed by atoms with Crippen LogP contribution in [0, 0.1) is 0 Å². The second-order valence-corrected chi connectivity index (χ2v) is 5.94. The molecule has 0 aliphatic carbocycles. The van der Waals surface area contributed by atoms with Crippen molar-refractivity contribution in [1.82, 2.24) is 0 Å². The van der Waals surface area contributed by atoms with Gasteiger partial charge in [0.2, 0.25) is 0 Å². The van der Waals surface area contributed by atoms with Gasteiger partial charge in [-0.15, -0.1) is 0 Å². The van der Waals surface area contributed by atoms with Gasteiger partial charge >= 0.3 is 0 Å². The third kappa shape index (κ3) is 3.60. The fraction of sp³-hybridized carbons (Fsp3) is 0.368. The van der Waals surface area contributed by atoms with Gasteiger partial charge in [-0.05, 0) is 42.5 Å². The quantitative estimate of drug-likeness (QED) is 0.888. The Bertz CT molecular complexity index is 574. The molecule has 0 radical (unpaired) electrons. The van der Waals surface area contributed by atoms with Gasteiger partial charge in [-0.3, -0.25) is 0 Å². The molecule has 1 saturated heterocycles. The zero-order valence-corrected chi connectivity index (χ0v) is 13.0. The summed E-state index contributed by atoms with van der Waals surface area (Å²) in [7, 11) is 0. The Morgan fingerprint density at radius 3 is 2.50 bits per heavy atom. The lowest BCUT2D eigenvalue weighted by Gasteiger charge is -2.34. The SMILES string of the molecule is NCCNc1cccc(N2CCC(c3ccccc3)CC2)c1. The normalized spacial score (nSPS) is 15.8. The molecule has 3 rings (SSSR count). The average molecular weight is 295 g/mol. The number of hydrogen-bond donors (Lipinski definition) is 2. The van der Waals surface area contributed by atoms with Gasteiger partial charge in [0.1, 0.15) is 0 Å². The maximum atomic E-state index is 5.55. The third-order valence-corrected chi connectivity index (χ3v) is 4.45. The first-order chi connectivity index (χ1) is 10.9. The summed E-state index contributed by atoms with van der Waals surface area (Å²) < 4.78 is 0. The third-order valence-electron chi connectivity index (χ3n) is 4.45. The van der Waals surface area contributed by atoms with Crippen molar-refractivity contribution in [3.05, 3.63) is 60.2 Å². The van der Waals surface area contributed by atoms with Gasteiger partial charge in [0.05, 0.1) is 0 Å². The van der Waals surface area contributed by atoms with E-state index in [4.69, 9.17) is 5.73 Å². The van der Waals surface area contributed by atoms with E-state index in [0.717, 1.165) is 25.3 Å². The Morgan fingerprint density at radius 1 is 1.00 bits per heavy atom. The molecule has 0 bridgehead atoms. The maximum absolute atomic E-state index is 5.55. The molecule has 3 N–H and O–H groups in total. The molecule has 2 aromatic carbocycles. The van der Waals surface area contributed by atoms with Crippen LogP contribution < -0.4 is 16.0 Å². The van der Waals surface area contributed by atoms with Crippen LogP contribution >= 0.6 is 0 Å². The van der Waals surface area contributed by atoms with Gasteiger partial charge in [-0.1, -0.05) is 36.4 Å². The van der Waals surface area contributed by atoms with Crippen molar-refractivity contribution in [3.63, 3.8) is 0 Å². The van der Waals surface area contributed by atoms with E-state index < -0.39 is 0 Å². The molecule has 1 aliphatic heterocycles. The minimum atomic E-state index is 0.659. The fourth-order valence-corrected chi connectivity index (χ4v) is 3.23. The first kappa shape index (κ1) is 14.9. The number of anilines is 2. The van der Waals surface area contributed by atoms with Crippen molar-refractivity contribution in [2.75, 3.05) is 36.4 Å². The first-order valence-corrected chi connectivity index (χ1v) is 8.21. The monoisotopic (exact) mass is 295 g/mol. The van der Waals surface area contributed by atoms with Crippen LogP contribution in [0.4, 0.5) is 11.4 Å². The summed E-state index contributed by atoms with van der Waals surface area (Å²) in [6.07, 6.45) is 2.45. The van der Waals surface area contributed by atoms with E-state index >= 15 is 0 Å². The number of nitrogens with zero attached hydrogens (tertiary/aromatic N) is 1. The van der Waals surface area contributed by atoms with Crippen molar-refractivity contribution < 1.29 is 0 Å². The van der Waals surface area contributed by atoms with Crippen LogP contribution in [0.1, 0.15) is 24.3 Å². The van der Waals surface area contributed by atoms with Crippen LogP contribution in [0.15, 0.2) is 54.6 Å². The van der Waals surface area contributed by atoms with Crippen LogP contribution in [0.3, 0.4) is 0 Å². The molecule has 0 amide bonds. The molecule has 116 valence electrons. The Labute approximate surface area is 133 Å². The van der Waals surface area contributed by atoms with Gasteiger partial charge in [0.15, 0.2) is 0 Å². The number of benzene rings is 2. The lowest BCUT2D eigenvalue weighted by Crippen LogP contribution is -2.32. The average Bonchev–Trinajstić information content (AvgIpc) is 2.61. The summed E-state index contributed by atoms with van der Waals surface area (Å²) in [6, 6.07) is 19.6. The van der Waals surface area contributed by atoms with Gasteiger partial charge in [-0.2, -0.15) is 0 Å². The van der Waals surface area contributed by atoms with Gasteiger partial charge in [0, 0.05) is 37.6 Å². The maximum Gasteiger partial charge on any atom is 0.0386 e. The van der Waals surface area contributed by atoms with Crippen molar-refractivity contribution in [1.29, 1.82) is 0 Å². The van der Waals surface area contributed by atoms with Crippen LogP contribution in [-0.2, 0) is 0 Å². The fourth-order valence-electron chi connectivity index (χ4n) is 3.23. The lowest BCUT2D eigenvalue weighted by molar-refractivity contribution is 0.505. The zero-order valence-electron chi connectivity index (χ0n) is 13.0. The topological polar surface area (TPSA) is 41.3 Å². The molecular formula is C19H25N3. The van der Waals surface area contributed by atoms with E-state index in [-0.39, 0.29) is 0 Å². The van der Waals surface area contributed by atoms with E-state index in [9.17, 15) is 0 Å². The van der Waals surface area contributed by atoms with Crippen LogP contribution in [0.5, 0.6) is 0 Å². The van der Waals surface area contributed by atoms with Crippen LogP contribution in [-0.4, -0.2) is 26.2 Å². The molecule has 1 aliphatic rings. The molecule has 3 nitrogen and oxygen atoms in total. The van der Waals surface area contributed by atoms with Crippen LogP contribution in [0.25, 0.3) is 0 Å². The number of nitrogens with one attached hydrogen (secondary N) is 1. The smallest absolute Gasteiger partial charge is 0.0386 e. The summed E-state index contributed by atoms with van der Waals surface area (Å²) in [6.45, 7) is 3.73. The summed E-state index contributed by atoms with van der Waals surface area (Å²) in [4.78, 5) is 2.49. The van der Waals surface area contributed by atoms with E-state index in [1.165, 1.54) is 24.1 Å². The van der Waals surface area contributed by atoms with Crippen molar-refractivity contribution in [2.24, 2.45) is 5.73 Å². The predicted octanol–water partition coefficient (Wildman–Crippen LogP) is 3.44. The molecule has 3 heteroatoms. The number of nitrogens with two attached hydrogens (primary N) is 1. The second kappa shape index (κ2) is 7.32. The Hall–Kier alpha value is -2.00. The molecular weight excluding hydrogens is 270 g/mol. The summed E-state index contributed by atoms with van der Waals surface area (Å²) in [5.41, 5.74) is 9.52. The standard InChI is InChI=1S/C19H25N3/c20-11-12-21-18-7-4-8-19(15-18)22-13-9-17(10-14-22)16-5-2-1-3-6-16/h1-8,15,17,21H,9-14,20H2. The molecule has 1 fully saturated rings. The molecule has 0 unspecified atom stereocenters. The summed E-state index contributed by atoms with van der Waals surface area (Å²) in [5.74, 6) is 0.705. The molecule has 0 atom stereocenters. The van der Waals surface area contributed by atoms with Crippen molar-refractivity contribution in [3.8, 4) is 0 Å². The summed E-state index contributed by atoms with van der Waals surface area (Å²) in [5, 5.41) is 3.36. The first-order valence-electron chi connectivity index (χ1n) is 8.21. The number of piperidine rings is 1. The molecule has 0 aromatic heterocycles. The lowest BCUT2D eigenvalue weighted by atomic mass is 9.89. The largest absolute Gasteiger partial charge is 0.384 e. The van der Waals surface area contributed by atoms with E-state index in [0.29, 0.717) is 12.5 Å². The van der Waals surface area contributed by atoms with Gasteiger partial charge < -0.3 is 16.0 Å². The highest BCUT2D eigenvalue weighted by Gasteiger charge is 2.20.